The SMILES string of the molecule is CN(C)S(=O)(=O)NCC1CCN(Cc2ccccc2Cl)CC1. The lowest BCUT2D eigenvalue weighted by atomic mass is 9.97. The summed E-state index contributed by atoms with van der Waals surface area (Å²) >= 11 is 6.19. The Bertz CT molecular complexity index is 584. The molecule has 0 amide bonds. The first-order chi connectivity index (χ1) is 10.4. The van der Waals surface area contributed by atoms with Gasteiger partial charge in [-0.3, -0.25) is 4.90 Å². The first kappa shape index (κ1) is 17.7. The van der Waals surface area contributed by atoms with Gasteiger partial charge >= 0.3 is 0 Å². The van der Waals surface area contributed by atoms with Crippen molar-refractivity contribution in [3.8, 4) is 0 Å². The van der Waals surface area contributed by atoms with Crippen LogP contribution in [0.15, 0.2) is 24.3 Å². The van der Waals surface area contributed by atoms with Gasteiger partial charge in [0.15, 0.2) is 0 Å². The second-order valence-corrected chi connectivity index (χ2v) is 8.32. The van der Waals surface area contributed by atoms with Crippen molar-refractivity contribution in [2.24, 2.45) is 5.92 Å². The lowest BCUT2D eigenvalue weighted by Gasteiger charge is -2.32. The molecule has 0 spiro atoms. The maximum absolute atomic E-state index is 11.7. The van der Waals surface area contributed by atoms with Gasteiger partial charge in [0.1, 0.15) is 0 Å². The highest BCUT2D eigenvalue weighted by Crippen LogP contribution is 2.22. The molecule has 0 radical (unpaired) electrons. The molecule has 22 heavy (non-hydrogen) atoms. The summed E-state index contributed by atoms with van der Waals surface area (Å²) in [5.41, 5.74) is 1.15. The Morgan fingerprint density at radius 1 is 1.27 bits per heavy atom. The maximum atomic E-state index is 11.7. The molecule has 0 aromatic heterocycles. The van der Waals surface area contributed by atoms with Crippen molar-refractivity contribution >= 4 is 21.8 Å². The number of hydrogen-bond acceptors (Lipinski definition) is 3. The van der Waals surface area contributed by atoms with Crippen LogP contribution in [0.2, 0.25) is 5.02 Å². The fraction of sp³-hybridized carbons (Fsp3) is 0.600. The molecule has 5 nitrogen and oxygen atoms in total. The van der Waals surface area contributed by atoms with Gasteiger partial charge in [-0.25, -0.2) is 4.72 Å². The number of halogens is 1. The number of rotatable bonds is 6. The summed E-state index contributed by atoms with van der Waals surface area (Å²) in [6.07, 6.45) is 2.00. The van der Waals surface area contributed by atoms with E-state index in [2.05, 4.69) is 15.7 Å². The van der Waals surface area contributed by atoms with Crippen LogP contribution >= 0.6 is 11.6 Å². The highest BCUT2D eigenvalue weighted by Gasteiger charge is 2.22. The lowest BCUT2D eigenvalue weighted by Crippen LogP contribution is -2.41. The van der Waals surface area contributed by atoms with E-state index in [9.17, 15) is 8.42 Å². The molecule has 1 saturated heterocycles. The van der Waals surface area contributed by atoms with E-state index in [-0.39, 0.29) is 0 Å². The third-order valence-corrected chi connectivity index (χ3v) is 5.96. The Kier molecular flexibility index (Phi) is 6.23. The minimum atomic E-state index is -3.31. The zero-order valence-corrected chi connectivity index (χ0v) is 14.7. The predicted molar refractivity (Wildman–Crippen MR) is 90.1 cm³/mol. The van der Waals surface area contributed by atoms with Gasteiger partial charge in [-0.2, -0.15) is 12.7 Å². The number of nitrogens with zero attached hydrogens (tertiary/aromatic N) is 2. The first-order valence-corrected chi connectivity index (χ1v) is 9.33. The Morgan fingerprint density at radius 3 is 2.50 bits per heavy atom. The van der Waals surface area contributed by atoms with Crippen LogP contribution in [0.4, 0.5) is 0 Å². The van der Waals surface area contributed by atoms with Crippen LogP contribution in [-0.4, -0.2) is 51.4 Å². The Labute approximate surface area is 138 Å². The molecule has 124 valence electrons. The van der Waals surface area contributed by atoms with Crippen LogP contribution < -0.4 is 4.72 Å². The van der Waals surface area contributed by atoms with Crippen molar-refractivity contribution in [2.45, 2.75) is 19.4 Å². The molecule has 1 N–H and O–H groups in total. The van der Waals surface area contributed by atoms with Crippen LogP contribution in [0.25, 0.3) is 0 Å². The fourth-order valence-electron chi connectivity index (χ4n) is 2.57. The highest BCUT2D eigenvalue weighted by atomic mass is 35.5. The molecule has 0 bridgehead atoms. The van der Waals surface area contributed by atoms with Crippen molar-refractivity contribution in [3.05, 3.63) is 34.9 Å². The molecule has 1 aliphatic rings. The van der Waals surface area contributed by atoms with Gasteiger partial charge in [-0.15, -0.1) is 0 Å². The van der Waals surface area contributed by atoms with E-state index in [0.717, 1.165) is 43.1 Å². The molecule has 1 heterocycles. The minimum absolute atomic E-state index is 0.400. The zero-order chi connectivity index (χ0) is 16.2. The summed E-state index contributed by atoms with van der Waals surface area (Å²) in [5.74, 6) is 0.400. The standard InChI is InChI=1S/C15H24ClN3O2S/c1-18(2)22(20,21)17-11-13-7-9-19(10-8-13)12-14-5-3-4-6-15(14)16/h3-6,13,17H,7-12H2,1-2H3. The average molecular weight is 346 g/mol. The van der Waals surface area contributed by atoms with E-state index in [0.29, 0.717) is 12.5 Å². The second kappa shape index (κ2) is 7.75. The predicted octanol–water partition coefficient (Wildman–Crippen LogP) is 1.95. The number of hydrogen-bond donors (Lipinski definition) is 1. The number of likely N-dealkylation sites (tertiary alicyclic amines) is 1. The van der Waals surface area contributed by atoms with E-state index in [1.54, 1.807) is 0 Å². The summed E-state index contributed by atoms with van der Waals surface area (Å²) in [6.45, 7) is 3.31. The largest absolute Gasteiger partial charge is 0.299 e. The third-order valence-electron chi connectivity index (χ3n) is 4.09. The lowest BCUT2D eigenvalue weighted by molar-refractivity contribution is 0.178. The maximum Gasteiger partial charge on any atom is 0.278 e. The fourth-order valence-corrected chi connectivity index (χ4v) is 3.47. The van der Waals surface area contributed by atoms with Gasteiger partial charge in [-0.05, 0) is 43.5 Å². The van der Waals surface area contributed by atoms with E-state index in [4.69, 9.17) is 11.6 Å². The molecule has 0 atom stereocenters. The van der Waals surface area contributed by atoms with Gasteiger partial charge in [0.05, 0.1) is 0 Å². The smallest absolute Gasteiger partial charge is 0.278 e. The van der Waals surface area contributed by atoms with Crippen molar-refractivity contribution in [2.75, 3.05) is 33.7 Å². The normalized spacial score (nSPS) is 18.0. The highest BCUT2D eigenvalue weighted by molar-refractivity contribution is 7.87. The summed E-state index contributed by atoms with van der Waals surface area (Å²) < 4.78 is 27.3. The molecule has 0 unspecified atom stereocenters. The van der Waals surface area contributed by atoms with Crippen molar-refractivity contribution in [1.82, 2.24) is 13.9 Å². The molecule has 1 fully saturated rings. The molecule has 1 aromatic rings. The molecule has 7 heteroatoms. The minimum Gasteiger partial charge on any atom is -0.299 e. The van der Waals surface area contributed by atoms with E-state index in [1.807, 2.05) is 18.2 Å². The Balaban J connectivity index is 1.78. The summed E-state index contributed by atoms with van der Waals surface area (Å²) in [5, 5.41) is 0.809. The molecule has 0 aliphatic carbocycles. The van der Waals surface area contributed by atoms with Crippen LogP contribution in [0.1, 0.15) is 18.4 Å². The monoisotopic (exact) mass is 345 g/mol. The molecule has 1 aliphatic heterocycles. The summed E-state index contributed by atoms with van der Waals surface area (Å²) in [7, 11) is -0.240. The van der Waals surface area contributed by atoms with Gasteiger partial charge in [0, 0.05) is 32.2 Å². The Morgan fingerprint density at radius 2 is 1.91 bits per heavy atom. The van der Waals surface area contributed by atoms with E-state index < -0.39 is 10.2 Å². The number of benzene rings is 1. The number of nitrogens with one attached hydrogen (secondary N) is 1. The van der Waals surface area contributed by atoms with Gasteiger partial charge in [-0.1, -0.05) is 29.8 Å². The molecular formula is C15H24ClN3O2S. The quantitative estimate of drug-likeness (QED) is 0.857. The van der Waals surface area contributed by atoms with Crippen molar-refractivity contribution < 1.29 is 8.42 Å². The van der Waals surface area contributed by atoms with Gasteiger partial charge < -0.3 is 0 Å². The first-order valence-electron chi connectivity index (χ1n) is 7.51. The topological polar surface area (TPSA) is 52.7 Å². The third kappa shape index (κ3) is 4.93. The molecule has 0 saturated carbocycles. The van der Waals surface area contributed by atoms with Gasteiger partial charge in [0.25, 0.3) is 10.2 Å². The van der Waals surface area contributed by atoms with Crippen LogP contribution in [-0.2, 0) is 16.8 Å². The number of piperidine rings is 1. The Hall–Kier alpha value is -0.660. The van der Waals surface area contributed by atoms with Crippen LogP contribution in [0, 0.1) is 5.92 Å². The summed E-state index contributed by atoms with van der Waals surface area (Å²) in [4.78, 5) is 2.37. The van der Waals surface area contributed by atoms with E-state index >= 15 is 0 Å². The van der Waals surface area contributed by atoms with E-state index in [1.165, 1.54) is 18.4 Å². The van der Waals surface area contributed by atoms with Crippen molar-refractivity contribution in [1.29, 1.82) is 0 Å². The summed E-state index contributed by atoms with van der Waals surface area (Å²) in [6, 6.07) is 7.91. The van der Waals surface area contributed by atoms with Crippen molar-refractivity contribution in [3.63, 3.8) is 0 Å². The average Bonchev–Trinajstić information content (AvgIpc) is 2.49. The molecular weight excluding hydrogens is 322 g/mol. The second-order valence-electron chi connectivity index (χ2n) is 5.95. The van der Waals surface area contributed by atoms with Crippen LogP contribution in [0.3, 0.4) is 0 Å². The molecule has 2 rings (SSSR count). The molecule has 1 aromatic carbocycles. The van der Waals surface area contributed by atoms with Gasteiger partial charge in [0.2, 0.25) is 0 Å². The zero-order valence-electron chi connectivity index (χ0n) is 13.1. The van der Waals surface area contributed by atoms with Crippen LogP contribution in [0.5, 0.6) is 0 Å².